The second-order valence-electron chi connectivity index (χ2n) is 4.79. The minimum atomic E-state index is -3.50. The summed E-state index contributed by atoms with van der Waals surface area (Å²) < 4.78 is 36.3. The largest absolute Gasteiger partial charge is 0.482 e. The second kappa shape index (κ2) is 9.42. The van der Waals surface area contributed by atoms with Gasteiger partial charge in [-0.3, -0.25) is 0 Å². The number of ether oxygens (including phenoxy) is 2. The second-order valence-corrected chi connectivity index (χ2v) is 6.56. The Kier molecular flexibility index (Phi) is 7.90. The van der Waals surface area contributed by atoms with Crippen molar-refractivity contribution in [3.63, 3.8) is 0 Å². The summed E-state index contributed by atoms with van der Waals surface area (Å²) in [5.74, 6) is -0.0854. The first-order chi connectivity index (χ1) is 10.5. The number of esters is 1. The summed E-state index contributed by atoms with van der Waals surface area (Å²) in [7, 11) is -2.23. The first-order valence-electron chi connectivity index (χ1n) is 7.29. The molecule has 124 valence electrons. The van der Waals surface area contributed by atoms with Crippen molar-refractivity contribution in [3.05, 3.63) is 24.3 Å². The Morgan fingerprint density at radius 3 is 2.41 bits per heavy atom. The van der Waals surface area contributed by atoms with Crippen molar-refractivity contribution in [1.82, 2.24) is 4.72 Å². The summed E-state index contributed by atoms with van der Waals surface area (Å²) >= 11 is 0. The molecule has 0 radical (unpaired) electrons. The fraction of sp³-hybridized carbons (Fsp3) is 0.533. The zero-order valence-electron chi connectivity index (χ0n) is 13.0. The van der Waals surface area contributed by atoms with Crippen LogP contribution in [-0.4, -0.2) is 34.6 Å². The lowest BCUT2D eigenvalue weighted by atomic mass is 10.2. The molecule has 6 nitrogen and oxygen atoms in total. The quantitative estimate of drug-likeness (QED) is 0.525. The van der Waals surface area contributed by atoms with Gasteiger partial charge in [0.2, 0.25) is 10.0 Å². The molecule has 0 aromatic heterocycles. The molecule has 1 aromatic rings. The number of rotatable bonds is 10. The van der Waals surface area contributed by atoms with Crippen LogP contribution in [0.1, 0.15) is 32.6 Å². The number of sulfonamides is 1. The predicted molar refractivity (Wildman–Crippen MR) is 83.3 cm³/mol. The maximum absolute atomic E-state index is 12.1. The Morgan fingerprint density at radius 1 is 1.14 bits per heavy atom. The molecule has 7 heteroatoms. The normalized spacial score (nSPS) is 11.2. The number of benzene rings is 1. The Labute approximate surface area is 131 Å². The van der Waals surface area contributed by atoms with Crippen molar-refractivity contribution in [1.29, 1.82) is 0 Å². The third kappa shape index (κ3) is 6.44. The number of carbonyl (C=O) groups excluding carboxylic acids is 1. The topological polar surface area (TPSA) is 81.7 Å². The summed E-state index contributed by atoms with van der Waals surface area (Å²) in [6.45, 7) is 2.33. The highest BCUT2D eigenvalue weighted by Gasteiger charge is 2.13. The van der Waals surface area contributed by atoms with E-state index in [-0.39, 0.29) is 11.5 Å². The third-order valence-corrected chi connectivity index (χ3v) is 4.52. The van der Waals surface area contributed by atoms with Crippen molar-refractivity contribution >= 4 is 16.0 Å². The molecule has 0 fully saturated rings. The van der Waals surface area contributed by atoms with Crippen molar-refractivity contribution in [2.75, 3.05) is 20.3 Å². The molecule has 0 saturated heterocycles. The van der Waals surface area contributed by atoms with Crippen LogP contribution >= 0.6 is 0 Å². The number of nitrogens with one attached hydrogen (secondary N) is 1. The standard InChI is InChI=1S/C15H23NO5S/c1-3-4-5-6-11-16-22(18,19)14-9-7-13(8-10-14)21-12-15(17)20-2/h7-10,16H,3-6,11-12H2,1-2H3. The Hall–Kier alpha value is -1.60. The molecular formula is C15H23NO5S. The minimum absolute atomic E-state index is 0.174. The summed E-state index contributed by atoms with van der Waals surface area (Å²) in [6.07, 6.45) is 4.06. The van der Waals surface area contributed by atoms with Crippen LogP contribution < -0.4 is 9.46 Å². The molecule has 0 heterocycles. The van der Waals surface area contributed by atoms with Crippen molar-refractivity contribution in [2.45, 2.75) is 37.5 Å². The monoisotopic (exact) mass is 329 g/mol. The van der Waals surface area contributed by atoms with Gasteiger partial charge in [0.1, 0.15) is 5.75 Å². The molecule has 0 saturated carbocycles. The average Bonchev–Trinajstić information content (AvgIpc) is 2.52. The summed E-state index contributed by atoms with van der Waals surface area (Å²) in [5, 5.41) is 0. The number of unbranched alkanes of at least 4 members (excludes halogenated alkanes) is 3. The smallest absolute Gasteiger partial charge is 0.343 e. The van der Waals surface area contributed by atoms with Crippen LogP contribution in [0.3, 0.4) is 0 Å². The maximum atomic E-state index is 12.1. The van der Waals surface area contributed by atoms with Crippen molar-refractivity contribution in [3.8, 4) is 5.75 Å². The molecular weight excluding hydrogens is 306 g/mol. The number of methoxy groups -OCH3 is 1. The Balaban J connectivity index is 2.51. The van der Waals surface area contributed by atoms with Crippen LogP contribution in [0.15, 0.2) is 29.2 Å². The molecule has 0 aliphatic rings. The highest BCUT2D eigenvalue weighted by atomic mass is 32.2. The van der Waals surface area contributed by atoms with Gasteiger partial charge in [0.05, 0.1) is 12.0 Å². The van der Waals surface area contributed by atoms with E-state index in [0.717, 1.165) is 25.7 Å². The van der Waals surface area contributed by atoms with E-state index < -0.39 is 16.0 Å². The van der Waals surface area contributed by atoms with E-state index in [4.69, 9.17) is 4.74 Å². The van der Waals surface area contributed by atoms with Crippen LogP contribution in [0.2, 0.25) is 0 Å². The lowest BCUT2D eigenvalue weighted by molar-refractivity contribution is -0.142. The van der Waals surface area contributed by atoms with E-state index in [0.29, 0.717) is 12.3 Å². The molecule has 0 spiro atoms. The van der Waals surface area contributed by atoms with Gasteiger partial charge in [-0.05, 0) is 30.7 Å². The number of hydrogen-bond acceptors (Lipinski definition) is 5. The van der Waals surface area contributed by atoms with Gasteiger partial charge < -0.3 is 9.47 Å². The highest BCUT2D eigenvalue weighted by Crippen LogP contribution is 2.16. The molecule has 0 aliphatic heterocycles. The van der Waals surface area contributed by atoms with Gasteiger partial charge in [-0.1, -0.05) is 26.2 Å². The molecule has 1 aromatic carbocycles. The molecule has 0 amide bonds. The predicted octanol–water partition coefficient (Wildman–Crippen LogP) is 2.10. The SMILES string of the molecule is CCCCCCNS(=O)(=O)c1ccc(OCC(=O)OC)cc1. The summed E-state index contributed by atoms with van der Waals surface area (Å²) in [4.78, 5) is 11.1. The van der Waals surface area contributed by atoms with Crippen LogP contribution in [0.5, 0.6) is 5.75 Å². The zero-order chi connectivity index (χ0) is 16.4. The third-order valence-electron chi connectivity index (χ3n) is 3.04. The highest BCUT2D eigenvalue weighted by molar-refractivity contribution is 7.89. The first kappa shape index (κ1) is 18.4. The van der Waals surface area contributed by atoms with E-state index in [2.05, 4.69) is 16.4 Å². The van der Waals surface area contributed by atoms with Gasteiger partial charge in [0.15, 0.2) is 6.61 Å². The Morgan fingerprint density at radius 2 is 1.82 bits per heavy atom. The fourth-order valence-electron chi connectivity index (χ4n) is 1.76. The fourth-order valence-corrected chi connectivity index (χ4v) is 2.83. The molecule has 0 atom stereocenters. The molecule has 1 N–H and O–H groups in total. The average molecular weight is 329 g/mol. The van der Waals surface area contributed by atoms with Crippen molar-refractivity contribution in [2.24, 2.45) is 0 Å². The van der Waals surface area contributed by atoms with E-state index >= 15 is 0 Å². The lowest BCUT2D eigenvalue weighted by Crippen LogP contribution is -2.24. The van der Waals surface area contributed by atoms with Gasteiger partial charge >= 0.3 is 5.97 Å². The van der Waals surface area contributed by atoms with Crippen LogP contribution in [0.25, 0.3) is 0 Å². The van der Waals surface area contributed by atoms with Gasteiger partial charge in [-0.25, -0.2) is 17.9 Å². The van der Waals surface area contributed by atoms with Crippen LogP contribution in [0, 0.1) is 0 Å². The Bertz CT molecular complexity index is 554. The van der Waals surface area contributed by atoms with Crippen LogP contribution in [0.4, 0.5) is 0 Å². The van der Waals surface area contributed by atoms with E-state index in [1.165, 1.54) is 31.4 Å². The molecule has 0 unspecified atom stereocenters. The van der Waals surface area contributed by atoms with Gasteiger partial charge in [-0.15, -0.1) is 0 Å². The number of carbonyl (C=O) groups is 1. The van der Waals surface area contributed by atoms with Gasteiger partial charge in [0.25, 0.3) is 0 Å². The summed E-state index contributed by atoms with van der Waals surface area (Å²) in [5.41, 5.74) is 0. The molecule has 0 aliphatic carbocycles. The van der Waals surface area contributed by atoms with Crippen molar-refractivity contribution < 1.29 is 22.7 Å². The van der Waals surface area contributed by atoms with E-state index in [1.54, 1.807) is 0 Å². The minimum Gasteiger partial charge on any atom is -0.482 e. The van der Waals surface area contributed by atoms with Crippen LogP contribution in [-0.2, 0) is 19.6 Å². The van der Waals surface area contributed by atoms with E-state index in [1.807, 2.05) is 0 Å². The maximum Gasteiger partial charge on any atom is 0.343 e. The number of hydrogen-bond donors (Lipinski definition) is 1. The van der Waals surface area contributed by atoms with E-state index in [9.17, 15) is 13.2 Å². The lowest BCUT2D eigenvalue weighted by Gasteiger charge is -2.08. The van der Waals surface area contributed by atoms with Gasteiger partial charge in [0, 0.05) is 6.54 Å². The molecule has 0 bridgehead atoms. The first-order valence-corrected chi connectivity index (χ1v) is 8.77. The molecule has 22 heavy (non-hydrogen) atoms. The van der Waals surface area contributed by atoms with Gasteiger partial charge in [-0.2, -0.15) is 0 Å². The molecule has 1 rings (SSSR count). The zero-order valence-corrected chi connectivity index (χ0v) is 13.8. The summed E-state index contributed by atoms with van der Waals surface area (Å²) in [6, 6.07) is 5.91.